The summed E-state index contributed by atoms with van der Waals surface area (Å²) in [7, 11) is 0. The summed E-state index contributed by atoms with van der Waals surface area (Å²) in [6.45, 7) is 1.91. The van der Waals surface area contributed by atoms with Gasteiger partial charge in [-0.3, -0.25) is 4.79 Å². The van der Waals surface area contributed by atoms with Crippen LogP contribution in [-0.2, 0) is 11.2 Å². The van der Waals surface area contributed by atoms with Gasteiger partial charge in [0.2, 0.25) is 5.91 Å². The van der Waals surface area contributed by atoms with Crippen LogP contribution in [0.3, 0.4) is 0 Å². The third-order valence-electron chi connectivity index (χ3n) is 6.28. The Bertz CT molecular complexity index is 1290. The normalized spacial score (nSPS) is 13.6. The van der Waals surface area contributed by atoms with Crippen LogP contribution in [-0.4, -0.2) is 49.4 Å². The molecule has 7 nitrogen and oxygen atoms in total. The van der Waals surface area contributed by atoms with Crippen LogP contribution >= 0.6 is 23.2 Å². The van der Waals surface area contributed by atoms with Crippen molar-refractivity contribution in [3.63, 3.8) is 0 Å². The van der Waals surface area contributed by atoms with Gasteiger partial charge in [0.05, 0.1) is 15.7 Å². The zero-order valence-electron chi connectivity index (χ0n) is 21.3. The number of benzene rings is 3. The number of nitrogens with one attached hydrogen (secondary N) is 2. The first kappa shape index (κ1) is 29.4. The van der Waals surface area contributed by atoms with Crippen molar-refractivity contribution in [3.8, 4) is 5.75 Å². The Morgan fingerprint density at radius 3 is 2.10 bits per heavy atom. The van der Waals surface area contributed by atoms with Gasteiger partial charge in [0.15, 0.2) is 0 Å². The Morgan fingerprint density at radius 1 is 0.875 bits per heavy atom. The summed E-state index contributed by atoms with van der Waals surface area (Å²) in [6, 6.07) is 19.0. The molecule has 0 atom stereocenters. The number of hydrogen-bond acceptors (Lipinski definition) is 4. The average Bonchev–Trinajstić information content (AvgIpc) is 2.91. The maximum Gasteiger partial charge on any atom is 0.573 e. The number of aryl methyl sites for hydroxylation is 1. The smallest absolute Gasteiger partial charge is 0.406 e. The molecular formula is C28H27Cl2F3N4O3. The topological polar surface area (TPSA) is 73.9 Å². The number of alkyl halides is 3. The zero-order chi connectivity index (χ0) is 28.7. The number of rotatable bonds is 8. The lowest BCUT2D eigenvalue weighted by Gasteiger charge is -2.36. The highest BCUT2D eigenvalue weighted by molar-refractivity contribution is 6.40. The highest BCUT2D eigenvalue weighted by Gasteiger charge is 2.32. The molecule has 212 valence electrons. The summed E-state index contributed by atoms with van der Waals surface area (Å²) < 4.78 is 41.2. The summed E-state index contributed by atoms with van der Waals surface area (Å²) in [5.74, 6) is -0.617. The third-order valence-corrected chi connectivity index (χ3v) is 6.87. The van der Waals surface area contributed by atoms with Gasteiger partial charge in [-0.2, -0.15) is 0 Å². The molecule has 3 aromatic rings. The van der Waals surface area contributed by atoms with E-state index in [0.29, 0.717) is 38.3 Å². The number of ether oxygens (including phenoxy) is 1. The molecule has 0 aromatic heterocycles. The van der Waals surface area contributed by atoms with Crippen LogP contribution in [0.5, 0.6) is 5.75 Å². The standard InChI is InChI=1S/C28H27Cl2F3N4O3/c29-23-17-22(40-28(31,32)33)18-24(30)26(23)35-27(39)37-15-13-36(14-16-37)21-11-9-20(10-12-21)34-25(38)8-4-7-19-5-2-1-3-6-19/h1-3,5-6,9-12,17-18H,4,7-8,13-16H2,(H,34,38)(H,35,39). The van der Waals surface area contributed by atoms with E-state index in [9.17, 15) is 22.8 Å². The zero-order valence-corrected chi connectivity index (χ0v) is 22.8. The number of urea groups is 1. The second-order valence-corrected chi connectivity index (χ2v) is 9.96. The van der Waals surface area contributed by atoms with Gasteiger partial charge in [-0.05, 0) is 42.7 Å². The molecule has 12 heteroatoms. The van der Waals surface area contributed by atoms with Gasteiger partial charge in [0.1, 0.15) is 5.75 Å². The lowest BCUT2D eigenvalue weighted by Crippen LogP contribution is -2.50. The molecule has 0 aliphatic carbocycles. The highest BCUT2D eigenvalue weighted by atomic mass is 35.5. The van der Waals surface area contributed by atoms with Crippen molar-refractivity contribution in [2.75, 3.05) is 41.7 Å². The quantitative estimate of drug-likeness (QED) is 0.289. The van der Waals surface area contributed by atoms with E-state index in [1.165, 1.54) is 5.56 Å². The molecule has 1 fully saturated rings. The highest BCUT2D eigenvalue weighted by Crippen LogP contribution is 2.37. The van der Waals surface area contributed by atoms with Gasteiger partial charge in [-0.25, -0.2) is 4.79 Å². The molecule has 3 aromatic carbocycles. The van der Waals surface area contributed by atoms with E-state index in [4.69, 9.17) is 23.2 Å². The molecule has 0 radical (unpaired) electrons. The van der Waals surface area contributed by atoms with Gasteiger partial charge in [0, 0.05) is 56.1 Å². The number of hydrogen-bond donors (Lipinski definition) is 2. The number of nitrogens with zero attached hydrogens (tertiary/aromatic N) is 2. The summed E-state index contributed by atoms with van der Waals surface area (Å²) >= 11 is 12.1. The van der Waals surface area contributed by atoms with Crippen molar-refractivity contribution in [1.29, 1.82) is 0 Å². The molecule has 2 N–H and O–H groups in total. The second kappa shape index (κ2) is 13.1. The number of carbonyl (C=O) groups is 2. The number of piperazine rings is 1. The number of carbonyl (C=O) groups excluding carboxylic acids is 2. The van der Waals surface area contributed by atoms with E-state index in [0.717, 1.165) is 30.7 Å². The van der Waals surface area contributed by atoms with Crippen LogP contribution in [0.2, 0.25) is 10.0 Å². The van der Waals surface area contributed by atoms with Crippen molar-refractivity contribution in [3.05, 3.63) is 82.3 Å². The Morgan fingerprint density at radius 2 is 1.50 bits per heavy atom. The molecular weight excluding hydrogens is 568 g/mol. The van der Waals surface area contributed by atoms with E-state index >= 15 is 0 Å². The Hall–Kier alpha value is -3.63. The van der Waals surface area contributed by atoms with Crippen LogP contribution in [0.25, 0.3) is 0 Å². The molecule has 0 bridgehead atoms. The lowest BCUT2D eigenvalue weighted by molar-refractivity contribution is -0.274. The molecule has 0 saturated carbocycles. The van der Waals surface area contributed by atoms with Gasteiger partial charge in [-0.15, -0.1) is 13.2 Å². The number of amides is 3. The third kappa shape index (κ3) is 8.43. The summed E-state index contributed by atoms with van der Waals surface area (Å²) in [5, 5.41) is 5.14. The van der Waals surface area contributed by atoms with Crippen molar-refractivity contribution in [2.24, 2.45) is 0 Å². The molecule has 1 saturated heterocycles. The molecule has 40 heavy (non-hydrogen) atoms. The van der Waals surface area contributed by atoms with E-state index in [1.807, 2.05) is 54.6 Å². The Labute approximate surface area is 239 Å². The predicted molar refractivity (Wildman–Crippen MR) is 150 cm³/mol. The van der Waals surface area contributed by atoms with Crippen LogP contribution in [0.1, 0.15) is 18.4 Å². The van der Waals surface area contributed by atoms with Crippen LogP contribution in [0.15, 0.2) is 66.7 Å². The first-order valence-corrected chi connectivity index (χ1v) is 13.3. The van der Waals surface area contributed by atoms with Crippen LogP contribution < -0.4 is 20.3 Å². The fourth-order valence-corrected chi connectivity index (χ4v) is 4.85. The Kier molecular flexibility index (Phi) is 9.65. The van der Waals surface area contributed by atoms with Gasteiger partial charge < -0.3 is 25.2 Å². The number of halogens is 5. The van der Waals surface area contributed by atoms with E-state index < -0.39 is 18.1 Å². The molecule has 1 aliphatic rings. The van der Waals surface area contributed by atoms with Crippen molar-refractivity contribution in [2.45, 2.75) is 25.6 Å². The molecule has 4 rings (SSSR count). The van der Waals surface area contributed by atoms with Crippen LogP contribution in [0, 0.1) is 0 Å². The van der Waals surface area contributed by atoms with E-state index in [-0.39, 0.29) is 21.6 Å². The largest absolute Gasteiger partial charge is 0.573 e. The van der Waals surface area contributed by atoms with Gasteiger partial charge >= 0.3 is 12.4 Å². The first-order chi connectivity index (χ1) is 19.1. The van der Waals surface area contributed by atoms with Crippen LogP contribution in [0.4, 0.5) is 35.0 Å². The summed E-state index contributed by atoms with van der Waals surface area (Å²) in [5.41, 5.74) is 2.88. The van der Waals surface area contributed by atoms with E-state index in [2.05, 4.69) is 20.3 Å². The fourth-order valence-electron chi connectivity index (χ4n) is 4.29. The molecule has 0 spiro atoms. The minimum atomic E-state index is -4.89. The maximum absolute atomic E-state index is 12.8. The molecule has 0 unspecified atom stereocenters. The predicted octanol–water partition coefficient (Wildman–Crippen LogP) is 7.21. The molecule has 1 aliphatic heterocycles. The van der Waals surface area contributed by atoms with Crippen molar-refractivity contribution >= 4 is 52.2 Å². The summed E-state index contributed by atoms with van der Waals surface area (Å²) in [4.78, 5) is 28.7. The minimum Gasteiger partial charge on any atom is -0.406 e. The van der Waals surface area contributed by atoms with E-state index in [1.54, 1.807) is 4.90 Å². The fraction of sp³-hybridized carbons (Fsp3) is 0.286. The van der Waals surface area contributed by atoms with Crippen molar-refractivity contribution in [1.82, 2.24) is 4.90 Å². The van der Waals surface area contributed by atoms with Crippen molar-refractivity contribution < 1.29 is 27.5 Å². The van der Waals surface area contributed by atoms with Gasteiger partial charge in [-0.1, -0.05) is 53.5 Å². The molecule has 1 heterocycles. The second-order valence-electron chi connectivity index (χ2n) is 9.15. The Balaban J connectivity index is 1.23. The number of anilines is 3. The SMILES string of the molecule is O=C(CCCc1ccccc1)Nc1ccc(N2CCN(C(=O)Nc3c(Cl)cc(OC(F)(F)F)cc3Cl)CC2)cc1. The maximum atomic E-state index is 12.8. The van der Waals surface area contributed by atoms with Gasteiger partial charge in [0.25, 0.3) is 0 Å². The minimum absolute atomic E-state index is 0.00277. The average molecular weight is 595 g/mol. The monoisotopic (exact) mass is 594 g/mol. The lowest BCUT2D eigenvalue weighted by atomic mass is 10.1. The summed E-state index contributed by atoms with van der Waals surface area (Å²) in [6.07, 6.45) is -2.85. The first-order valence-electron chi connectivity index (χ1n) is 12.6. The molecule has 3 amide bonds.